The fourth-order valence-electron chi connectivity index (χ4n) is 5.42. The van der Waals surface area contributed by atoms with E-state index >= 15 is 0 Å². The molecule has 1 unspecified atom stereocenters. The number of carbonyl (C=O) groups excluding carboxylic acids is 1. The molecule has 0 bridgehead atoms. The average molecular weight is 565 g/mol. The zero-order valence-electron chi connectivity index (χ0n) is 24.2. The third kappa shape index (κ3) is 8.27. The van der Waals surface area contributed by atoms with Crippen molar-refractivity contribution in [2.75, 3.05) is 36.9 Å². The Hall–Kier alpha value is -4.49. The van der Waals surface area contributed by atoms with Crippen LogP contribution in [-0.4, -0.2) is 48.8 Å². The molecule has 0 aliphatic carbocycles. The van der Waals surface area contributed by atoms with E-state index in [1.54, 1.807) is 6.07 Å². The van der Waals surface area contributed by atoms with Gasteiger partial charge < -0.3 is 30.3 Å². The van der Waals surface area contributed by atoms with E-state index in [0.717, 1.165) is 61.5 Å². The monoisotopic (exact) mass is 564 g/mol. The molecule has 218 valence electrons. The van der Waals surface area contributed by atoms with Crippen molar-refractivity contribution >= 4 is 17.4 Å². The predicted molar refractivity (Wildman–Crippen MR) is 169 cm³/mol. The number of hydrogen-bond donors (Lipinski definition) is 3. The van der Waals surface area contributed by atoms with Crippen LogP contribution in [0, 0.1) is 0 Å². The lowest BCUT2D eigenvalue weighted by Crippen LogP contribution is -2.45. The maximum atomic E-state index is 13.0. The second-order valence-electron chi connectivity index (χ2n) is 10.9. The Morgan fingerprint density at radius 1 is 0.952 bits per heavy atom. The van der Waals surface area contributed by atoms with E-state index in [1.165, 1.54) is 11.3 Å². The highest BCUT2D eigenvalue weighted by Gasteiger charge is 2.23. The second kappa shape index (κ2) is 14.4. The van der Waals surface area contributed by atoms with Crippen LogP contribution in [-0.2, 0) is 19.6 Å². The number of nitrogens with zero attached hydrogens (tertiary/aromatic N) is 2. The molecule has 7 nitrogen and oxygen atoms in total. The Bertz CT molecular complexity index is 1430. The lowest BCUT2D eigenvalue weighted by molar-refractivity contribution is 0.248. The third-order valence-electron chi connectivity index (χ3n) is 7.63. The Morgan fingerprint density at radius 3 is 2.50 bits per heavy atom. The first-order valence-corrected chi connectivity index (χ1v) is 14.7. The standard InChI is InChI=1S/C35H40N4O3/c1-38(24-29-13-6-8-15-34(29)40)22-9-23-39-25-31(17-16-28-12-5-7-14-33(28)39)37-35(41)36-30-18-20-32(21-19-30)42-26-27-10-3-2-4-11-27/h2-8,10-15,18-21,31,40H,9,16-17,22-26H2,1H3,(H2,36,37,41). The van der Waals surface area contributed by atoms with E-state index < -0.39 is 0 Å². The molecule has 0 saturated carbocycles. The molecular weight excluding hydrogens is 524 g/mol. The van der Waals surface area contributed by atoms with Gasteiger partial charge >= 0.3 is 6.03 Å². The molecule has 7 heteroatoms. The molecule has 1 heterocycles. The number of rotatable bonds is 11. The highest BCUT2D eigenvalue weighted by Crippen LogP contribution is 2.27. The molecule has 0 saturated heterocycles. The van der Waals surface area contributed by atoms with Crippen LogP contribution in [0.25, 0.3) is 0 Å². The van der Waals surface area contributed by atoms with Gasteiger partial charge in [0.2, 0.25) is 0 Å². The van der Waals surface area contributed by atoms with Gasteiger partial charge in [0.05, 0.1) is 0 Å². The number of fused-ring (bicyclic) bond motifs is 1. The van der Waals surface area contributed by atoms with Crippen LogP contribution in [0.15, 0.2) is 103 Å². The summed E-state index contributed by atoms with van der Waals surface area (Å²) in [5.41, 5.74) is 5.33. The number of ether oxygens (including phenoxy) is 1. The number of amides is 2. The Balaban J connectivity index is 1.13. The van der Waals surface area contributed by atoms with E-state index in [9.17, 15) is 9.90 Å². The van der Waals surface area contributed by atoms with E-state index in [2.05, 4.69) is 51.7 Å². The van der Waals surface area contributed by atoms with Crippen molar-refractivity contribution in [3.05, 3.63) is 120 Å². The number of para-hydroxylation sites is 2. The van der Waals surface area contributed by atoms with Crippen LogP contribution in [0.4, 0.5) is 16.2 Å². The molecule has 2 amide bonds. The first kappa shape index (κ1) is 29.0. The molecule has 1 aliphatic rings. The van der Waals surface area contributed by atoms with Crippen LogP contribution >= 0.6 is 0 Å². The van der Waals surface area contributed by atoms with Crippen molar-refractivity contribution in [2.24, 2.45) is 0 Å². The number of phenols is 1. The van der Waals surface area contributed by atoms with Gasteiger partial charge in [0, 0.05) is 42.6 Å². The molecule has 1 aliphatic heterocycles. The van der Waals surface area contributed by atoms with Crippen molar-refractivity contribution in [3.63, 3.8) is 0 Å². The van der Waals surface area contributed by atoms with Crippen molar-refractivity contribution in [1.29, 1.82) is 0 Å². The van der Waals surface area contributed by atoms with Gasteiger partial charge in [0.1, 0.15) is 18.1 Å². The fourth-order valence-corrected chi connectivity index (χ4v) is 5.42. The molecule has 4 aromatic carbocycles. The van der Waals surface area contributed by atoms with Crippen LogP contribution in [0.2, 0.25) is 0 Å². The maximum Gasteiger partial charge on any atom is 0.319 e. The normalized spacial score (nSPS) is 14.6. The molecule has 1 atom stereocenters. The number of aromatic hydroxyl groups is 1. The van der Waals surface area contributed by atoms with Gasteiger partial charge in [0.15, 0.2) is 0 Å². The summed E-state index contributed by atoms with van der Waals surface area (Å²) in [5, 5.41) is 16.3. The molecular formula is C35H40N4O3. The fraction of sp³-hybridized carbons (Fsp3) is 0.286. The molecule has 42 heavy (non-hydrogen) atoms. The average Bonchev–Trinajstić information content (AvgIpc) is 3.17. The number of benzene rings is 4. The smallest absolute Gasteiger partial charge is 0.319 e. The van der Waals surface area contributed by atoms with Crippen LogP contribution in [0.5, 0.6) is 11.5 Å². The number of aryl methyl sites for hydroxylation is 1. The van der Waals surface area contributed by atoms with E-state index in [4.69, 9.17) is 4.74 Å². The number of carbonyl (C=O) groups is 1. The molecule has 5 rings (SSSR count). The minimum atomic E-state index is -0.203. The van der Waals surface area contributed by atoms with Gasteiger partial charge in [0.25, 0.3) is 0 Å². The van der Waals surface area contributed by atoms with Gasteiger partial charge in [-0.1, -0.05) is 66.7 Å². The zero-order valence-corrected chi connectivity index (χ0v) is 24.2. The molecule has 0 spiro atoms. The highest BCUT2D eigenvalue weighted by molar-refractivity contribution is 5.89. The van der Waals surface area contributed by atoms with Gasteiger partial charge in [-0.3, -0.25) is 0 Å². The second-order valence-corrected chi connectivity index (χ2v) is 10.9. The maximum absolute atomic E-state index is 13.0. The summed E-state index contributed by atoms with van der Waals surface area (Å²) < 4.78 is 5.86. The Kier molecular flexibility index (Phi) is 9.96. The summed E-state index contributed by atoms with van der Waals surface area (Å²) in [5.74, 6) is 1.10. The van der Waals surface area contributed by atoms with Gasteiger partial charge in [-0.05, 0) is 80.4 Å². The molecule has 4 aromatic rings. The zero-order chi connectivity index (χ0) is 29.1. The van der Waals surface area contributed by atoms with Crippen molar-refractivity contribution in [3.8, 4) is 11.5 Å². The first-order chi connectivity index (χ1) is 20.5. The molecule has 0 fully saturated rings. The van der Waals surface area contributed by atoms with Gasteiger partial charge in [-0.2, -0.15) is 0 Å². The van der Waals surface area contributed by atoms with Crippen molar-refractivity contribution < 1.29 is 14.6 Å². The summed E-state index contributed by atoms with van der Waals surface area (Å²) in [7, 11) is 2.08. The van der Waals surface area contributed by atoms with Gasteiger partial charge in [-0.25, -0.2) is 4.79 Å². The van der Waals surface area contributed by atoms with Crippen LogP contribution in [0.3, 0.4) is 0 Å². The summed E-state index contributed by atoms with van der Waals surface area (Å²) >= 11 is 0. The van der Waals surface area contributed by atoms with Gasteiger partial charge in [-0.15, -0.1) is 0 Å². The first-order valence-electron chi connectivity index (χ1n) is 14.7. The van der Waals surface area contributed by atoms with E-state index in [0.29, 0.717) is 18.9 Å². The topological polar surface area (TPSA) is 77.1 Å². The molecule has 0 aromatic heterocycles. The number of phenolic OH excluding ortho intramolecular Hbond substituents is 1. The van der Waals surface area contributed by atoms with Crippen LogP contribution in [0.1, 0.15) is 29.5 Å². The number of hydrogen-bond acceptors (Lipinski definition) is 5. The minimum Gasteiger partial charge on any atom is -0.508 e. The molecule has 3 N–H and O–H groups in total. The lowest BCUT2D eigenvalue weighted by atomic mass is 10.1. The molecule has 0 radical (unpaired) electrons. The Morgan fingerprint density at radius 2 is 1.69 bits per heavy atom. The van der Waals surface area contributed by atoms with E-state index in [1.807, 2.05) is 72.8 Å². The summed E-state index contributed by atoms with van der Waals surface area (Å²) in [6, 6.07) is 33.4. The third-order valence-corrected chi connectivity index (χ3v) is 7.63. The Labute approximate surface area is 248 Å². The van der Waals surface area contributed by atoms with E-state index in [-0.39, 0.29) is 12.1 Å². The number of anilines is 2. The SMILES string of the molecule is CN(CCCN1CC(NC(=O)Nc2ccc(OCc3ccccc3)cc2)CCc2ccccc21)Cc1ccccc1O. The number of nitrogens with one attached hydrogen (secondary N) is 2. The lowest BCUT2D eigenvalue weighted by Gasteiger charge is -2.29. The van der Waals surface area contributed by atoms with Crippen LogP contribution < -0.4 is 20.3 Å². The summed E-state index contributed by atoms with van der Waals surface area (Å²) in [4.78, 5) is 17.6. The summed E-state index contributed by atoms with van der Waals surface area (Å²) in [6.45, 7) is 3.73. The summed E-state index contributed by atoms with van der Waals surface area (Å²) in [6.07, 6.45) is 2.76. The quantitative estimate of drug-likeness (QED) is 0.196. The predicted octanol–water partition coefficient (Wildman–Crippen LogP) is 6.44. The van der Waals surface area contributed by atoms with Crippen molar-refractivity contribution in [2.45, 2.75) is 38.5 Å². The highest BCUT2D eigenvalue weighted by atomic mass is 16.5. The largest absolute Gasteiger partial charge is 0.508 e. The van der Waals surface area contributed by atoms with Crippen molar-refractivity contribution in [1.82, 2.24) is 10.2 Å². The minimum absolute atomic E-state index is 0.0184. The number of urea groups is 1.